The van der Waals surface area contributed by atoms with Gasteiger partial charge < -0.3 is 15.5 Å². The lowest BCUT2D eigenvalue weighted by Crippen LogP contribution is -2.29. The molecule has 0 saturated carbocycles. The zero-order valence-electron chi connectivity index (χ0n) is 15.1. The number of rotatable bonds is 6. The molecule has 2 aromatic heterocycles. The number of aliphatic hydroxyl groups is 2. The summed E-state index contributed by atoms with van der Waals surface area (Å²) in [5, 5.41) is 22.0. The second kappa shape index (κ2) is 7.81. The smallest absolute Gasteiger partial charge is 0.252 e. The molecule has 142 valence electrons. The van der Waals surface area contributed by atoms with Gasteiger partial charge in [-0.1, -0.05) is 12.1 Å². The molecule has 3 N–H and O–H groups in total. The standard InChI is InChI=1S/C19H21FN4O3/c1-11(2)24-16(27)8-7-14-17(13-5-3-4-6-15(13)20)22-19(23-18(14)24)21-12(9-25)10-26/h3-8,11-12,25-26H,9-10H2,1-2H3,(H,21,22,23). The lowest BCUT2D eigenvalue weighted by atomic mass is 10.1. The number of hydrogen-bond acceptors (Lipinski definition) is 6. The number of pyridine rings is 1. The number of aliphatic hydroxyl groups excluding tert-OH is 2. The van der Waals surface area contributed by atoms with Crippen molar-refractivity contribution in [2.24, 2.45) is 0 Å². The van der Waals surface area contributed by atoms with Crippen molar-refractivity contribution in [1.29, 1.82) is 0 Å². The highest BCUT2D eigenvalue weighted by atomic mass is 19.1. The van der Waals surface area contributed by atoms with Gasteiger partial charge in [0.25, 0.3) is 5.56 Å². The molecule has 0 aliphatic heterocycles. The zero-order valence-corrected chi connectivity index (χ0v) is 15.1. The maximum absolute atomic E-state index is 14.4. The van der Waals surface area contributed by atoms with E-state index in [-0.39, 0.29) is 36.3 Å². The second-order valence-electron chi connectivity index (χ2n) is 6.45. The topological polar surface area (TPSA) is 100 Å². The van der Waals surface area contributed by atoms with Crippen molar-refractivity contribution >= 4 is 17.0 Å². The molecular weight excluding hydrogens is 351 g/mol. The third-order valence-electron chi connectivity index (χ3n) is 4.20. The average Bonchev–Trinajstić information content (AvgIpc) is 2.65. The molecule has 0 unspecified atom stereocenters. The van der Waals surface area contributed by atoms with Gasteiger partial charge in [0.15, 0.2) is 0 Å². The summed E-state index contributed by atoms with van der Waals surface area (Å²) in [5.41, 5.74) is 0.710. The Morgan fingerprint density at radius 1 is 1.11 bits per heavy atom. The van der Waals surface area contributed by atoms with Crippen LogP contribution >= 0.6 is 0 Å². The van der Waals surface area contributed by atoms with Gasteiger partial charge in [-0.15, -0.1) is 0 Å². The predicted molar refractivity (Wildman–Crippen MR) is 101 cm³/mol. The molecule has 3 aromatic rings. The van der Waals surface area contributed by atoms with E-state index in [1.807, 2.05) is 13.8 Å². The molecule has 0 fully saturated rings. The van der Waals surface area contributed by atoms with Gasteiger partial charge in [-0.25, -0.2) is 9.37 Å². The summed E-state index contributed by atoms with van der Waals surface area (Å²) in [6.45, 7) is 3.03. The van der Waals surface area contributed by atoms with E-state index >= 15 is 0 Å². The minimum absolute atomic E-state index is 0.0915. The molecule has 3 rings (SSSR count). The van der Waals surface area contributed by atoms with Crippen LogP contribution in [0.3, 0.4) is 0 Å². The van der Waals surface area contributed by atoms with Crippen LogP contribution in [0.5, 0.6) is 0 Å². The minimum Gasteiger partial charge on any atom is -0.394 e. The number of anilines is 1. The van der Waals surface area contributed by atoms with E-state index in [9.17, 15) is 19.4 Å². The summed E-state index contributed by atoms with van der Waals surface area (Å²) in [7, 11) is 0. The van der Waals surface area contributed by atoms with Crippen LogP contribution in [0, 0.1) is 5.82 Å². The maximum Gasteiger partial charge on any atom is 0.252 e. The van der Waals surface area contributed by atoms with Gasteiger partial charge in [0.05, 0.1) is 24.9 Å². The Morgan fingerprint density at radius 3 is 2.44 bits per heavy atom. The monoisotopic (exact) mass is 372 g/mol. The van der Waals surface area contributed by atoms with E-state index < -0.39 is 11.9 Å². The number of fused-ring (bicyclic) bond motifs is 1. The number of aromatic nitrogens is 3. The quantitative estimate of drug-likeness (QED) is 0.611. The van der Waals surface area contributed by atoms with E-state index in [4.69, 9.17) is 0 Å². The van der Waals surface area contributed by atoms with E-state index in [1.165, 1.54) is 16.7 Å². The van der Waals surface area contributed by atoms with Crippen molar-refractivity contribution in [3.8, 4) is 11.3 Å². The molecule has 0 spiro atoms. The van der Waals surface area contributed by atoms with Crippen LogP contribution < -0.4 is 10.9 Å². The van der Waals surface area contributed by atoms with Crippen molar-refractivity contribution in [3.63, 3.8) is 0 Å². The molecule has 0 saturated heterocycles. The molecule has 1 aromatic carbocycles. The summed E-state index contributed by atoms with van der Waals surface area (Å²) in [6.07, 6.45) is 0. The molecule has 8 heteroatoms. The zero-order chi connectivity index (χ0) is 19.6. The van der Waals surface area contributed by atoms with E-state index in [0.717, 1.165) is 0 Å². The maximum atomic E-state index is 14.4. The Balaban J connectivity index is 2.34. The van der Waals surface area contributed by atoms with Gasteiger partial charge >= 0.3 is 0 Å². The van der Waals surface area contributed by atoms with Gasteiger partial charge in [-0.05, 0) is 32.0 Å². The van der Waals surface area contributed by atoms with Crippen molar-refractivity contribution in [3.05, 3.63) is 52.6 Å². The lowest BCUT2D eigenvalue weighted by Gasteiger charge is -2.18. The molecule has 0 atom stereocenters. The Bertz CT molecular complexity index is 1020. The normalized spacial score (nSPS) is 11.5. The Labute approximate surface area is 155 Å². The first-order valence-corrected chi connectivity index (χ1v) is 8.62. The second-order valence-corrected chi connectivity index (χ2v) is 6.45. The van der Waals surface area contributed by atoms with Crippen LogP contribution in [0.1, 0.15) is 19.9 Å². The van der Waals surface area contributed by atoms with Crippen LogP contribution in [0.25, 0.3) is 22.3 Å². The average molecular weight is 372 g/mol. The molecule has 0 radical (unpaired) electrons. The minimum atomic E-state index is -0.682. The van der Waals surface area contributed by atoms with E-state index in [1.54, 1.807) is 24.3 Å². The Morgan fingerprint density at radius 2 is 1.81 bits per heavy atom. The third kappa shape index (κ3) is 3.67. The highest BCUT2D eigenvalue weighted by molar-refractivity contribution is 5.91. The first kappa shape index (κ1) is 18.9. The lowest BCUT2D eigenvalue weighted by molar-refractivity contribution is 0.203. The fourth-order valence-electron chi connectivity index (χ4n) is 2.89. The van der Waals surface area contributed by atoms with Crippen LogP contribution in [0.2, 0.25) is 0 Å². The molecule has 0 aliphatic carbocycles. The SMILES string of the molecule is CC(C)n1c(=O)ccc2c(-c3ccccc3F)nc(NC(CO)CO)nc21. The number of halogens is 1. The van der Waals surface area contributed by atoms with E-state index in [0.29, 0.717) is 16.7 Å². The first-order valence-electron chi connectivity index (χ1n) is 8.62. The summed E-state index contributed by atoms with van der Waals surface area (Å²) in [6, 6.07) is 8.34. The van der Waals surface area contributed by atoms with Crippen molar-refractivity contribution in [1.82, 2.24) is 14.5 Å². The number of nitrogens with one attached hydrogen (secondary N) is 1. The third-order valence-corrected chi connectivity index (χ3v) is 4.20. The molecule has 27 heavy (non-hydrogen) atoms. The highest BCUT2D eigenvalue weighted by Gasteiger charge is 2.18. The van der Waals surface area contributed by atoms with Crippen molar-refractivity contribution in [2.45, 2.75) is 25.9 Å². The molecule has 0 amide bonds. The summed E-state index contributed by atoms with van der Waals surface area (Å²) in [5.74, 6) is -0.361. The first-order chi connectivity index (χ1) is 13.0. The van der Waals surface area contributed by atoms with Crippen LogP contribution in [-0.2, 0) is 0 Å². The number of benzene rings is 1. The van der Waals surface area contributed by atoms with Crippen LogP contribution in [0.15, 0.2) is 41.2 Å². The van der Waals surface area contributed by atoms with Crippen molar-refractivity contribution in [2.75, 3.05) is 18.5 Å². The molecule has 0 aliphatic rings. The highest BCUT2D eigenvalue weighted by Crippen LogP contribution is 2.29. The molecule has 2 heterocycles. The van der Waals surface area contributed by atoms with Gasteiger partial charge in [-0.3, -0.25) is 9.36 Å². The fourth-order valence-corrected chi connectivity index (χ4v) is 2.89. The number of nitrogens with zero attached hydrogens (tertiary/aromatic N) is 3. The largest absolute Gasteiger partial charge is 0.394 e. The molecule has 7 nitrogen and oxygen atoms in total. The van der Waals surface area contributed by atoms with Gasteiger partial charge in [0.2, 0.25) is 5.95 Å². The van der Waals surface area contributed by atoms with Gasteiger partial charge in [0.1, 0.15) is 11.5 Å². The predicted octanol–water partition coefficient (Wildman–Crippen LogP) is 1.94. The Kier molecular flexibility index (Phi) is 5.48. The fraction of sp³-hybridized carbons (Fsp3) is 0.316. The van der Waals surface area contributed by atoms with Crippen LogP contribution in [0.4, 0.5) is 10.3 Å². The van der Waals surface area contributed by atoms with Gasteiger partial charge in [-0.2, -0.15) is 4.98 Å². The molecular formula is C19H21FN4O3. The summed E-state index contributed by atoms with van der Waals surface area (Å²) >= 11 is 0. The summed E-state index contributed by atoms with van der Waals surface area (Å²) < 4.78 is 15.9. The summed E-state index contributed by atoms with van der Waals surface area (Å²) in [4.78, 5) is 21.2. The Hall–Kier alpha value is -2.84. The van der Waals surface area contributed by atoms with E-state index in [2.05, 4.69) is 15.3 Å². The van der Waals surface area contributed by atoms with Gasteiger partial charge in [0, 0.05) is 23.1 Å². The van der Waals surface area contributed by atoms with Crippen LogP contribution in [-0.4, -0.2) is 44.0 Å². The number of hydrogen-bond donors (Lipinski definition) is 3. The van der Waals surface area contributed by atoms with Crippen molar-refractivity contribution < 1.29 is 14.6 Å². The molecule has 0 bridgehead atoms.